The monoisotopic (exact) mass is 187 g/mol. The van der Waals surface area contributed by atoms with E-state index in [1.54, 1.807) is 6.92 Å². The SMILES string of the molecule is C=C(C)C(=N)[C@@H](O)C(N)C(N)CO. The zero-order valence-electron chi connectivity index (χ0n) is 7.70. The lowest BCUT2D eigenvalue weighted by Gasteiger charge is -2.23. The quantitative estimate of drug-likeness (QED) is 0.340. The first-order valence-corrected chi connectivity index (χ1v) is 3.96. The van der Waals surface area contributed by atoms with Crippen LogP contribution in [0, 0.1) is 5.41 Å². The Morgan fingerprint density at radius 3 is 2.31 bits per heavy atom. The minimum atomic E-state index is -1.17. The van der Waals surface area contributed by atoms with E-state index >= 15 is 0 Å². The molecule has 0 aliphatic heterocycles. The highest BCUT2D eigenvalue weighted by molar-refractivity contribution is 6.00. The molecular weight excluding hydrogens is 170 g/mol. The van der Waals surface area contributed by atoms with Gasteiger partial charge >= 0.3 is 0 Å². The summed E-state index contributed by atoms with van der Waals surface area (Å²) in [5, 5.41) is 25.5. The molecule has 2 unspecified atom stereocenters. The fourth-order valence-corrected chi connectivity index (χ4v) is 0.801. The highest BCUT2D eigenvalue weighted by Crippen LogP contribution is 2.02. The van der Waals surface area contributed by atoms with Crippen LogP contribution in [0.15, 0.2) is 12.2 Å². The average Bonchev–Trinajstić information content (AvgIpc) is 2.12. The maximum absolute atomic E-state index is 9.46. The minimum absolute atomic E-state index is 0.0450. The van der Waals surface area contributed by atoms with Crippen LogP contribution in [0.25, 0.3) is 0 Å². The van der Waals surface area contributed by atoms with Crippen LogP contribution < -0.4 is 11.5 Å². The largest absolute Gasteiger partial charge is 0.395 e. The molecule has 3 atom stereocenters. The Bertz CT molecular complexity index is 206. The summed E-state index contributed by atoms with van der Waals surface area (Å²) < 4.78 is 0. The zero-order chi connectivity index (χ0) is 10.6. The first kappa shape index (κ1) is 12.2. The van der Waals surface area contributed by atoms with Crippen molar-refractivity contribution in [3.8, 4) is 0 Å². The van der Waals surface area contributed by atoms with Gasteiger partial charge in [-0.05, 0) is 12.5 Å². The Hall–Kier alpha value is -0.750. The van der Waals surface area contributed by atoms with Crippen LogP contribution in [0.3, 0.4) is 0 Å². The number of aliphatic hydroxyl groups excluding tert-OH is 2. The molecule has 5 nitrogen and oxygen atoms in total. The zero-order valence-corrected chi connectivity index (χ0v) is 7.70. The van der Waals surface area contributed by atoms with Crippen molar-refractivity contribution in [3.05, 3.63) is 12.2 Å². The van der Waals surface area contributed by atoms with Crippen LogP contribution in [-0.2, 0) is 0 Å². The fraction of sp³-hybridized carbons (Fsp3) is 0.625. The normalized spacial score (nSPS) is 17.6. The molecule has 0 heterocycles. The molecule has 7 N–H and O–H groups in total. The number of nitrogens with one attached hydrogen (secondary N) is 1. The molecule has 0 bridgehead atoms. The van der Waals surface area contributed by atoms with E-state index in [2.05, 4.69) is 6.58 Å². The van der Waals surface area contributed by atoms with E-state index < -0.39 is 18.2 Å². The molecule has 0 aliphatic carbocycles. The van der Waals surface area contributed by atoms with Crippen molar-refractivity contribution in [2.45, 2.75) is 25.1 Å². The fourth-order valence-electron chi connectivity index (χ4n) is 0.801. The number of aliphatic hydroxyl groups is 2. The second-order valence-electron chi connectivity index (χ2n) is 3.06. The van der Waals surface area contributed by atoms with Crippen molar-refractivity contribution < 1.29 is 10.2 Å². The first-order valence-electron chi connectivity index (χ1n) is 3.96. The van der Waals surface area contributed by atoms with Gasteiger partial charge in [0.25, 0.3) is 0 Å². The van der Waals surface area contributed by atoms with E-state index in [4.69, 9.17) is 22.0 Å². The Kier molecular flexibility index (Phi) is 4.79. The molecule has 76 valence electrons. The van der Waals surface area contributed by atoms with Crippen molar-refractivity contribution in [1.82, 2.24) is 0 Å². The topological polar surface area (TPSA) is 116 Å². The average molecular weight is 187 g/mol. The molecule has 0 saturated heterocycles. The molecular formula is C8H17N3O2. The van der Waals surface area contributed by atoms with Crippen LogP contribution in [0.5, 0.6) is 0 Å². The molecule has 13 heavy (non-hydrogen) atoms. The third-order valence-corrected chi connectivity index (χ3v) is 1.83. The van der Waals surface area contributed by atoms with E-state index in [9.17, 15) is 5.11 Å². The van der Waals surface area contributed by atoms with Gasteiger partial charge in [-0.25, -0.2) is 0 Å². The lowest BCUT2D eigenvalue weighted by atomic mass is 9.97. The lowest BCUT2D eigenvalue weighted by Crippen LogP contribution is -2.53. The predicted molar refractivity (Wildman–Crippen MR) is 51.6 cm³/mol. The van der Waals surface area contributed by atoms with Gasteiger partial charge in [-0.1, -0.05) is 6.58 Å². The molecule has 5 heteroatoms. The van der Waals surface area contributed by atoms with Crippen molar-refractivity contribution in [1.29, 1.82) is 5.41 Å². The number of rotatable bonds is 5. The Morgan fingerprint density at radius 2 is 2.00 bits per heavy atom. The van der Waals surface area contributed by atoms with E-state index in [0.717, 1.165) is 0 Å². The Morgan fingerprint density at radius 1 is 1.54 bits per heavy atom. The molecule has 0 radical (unpaired) electrons. The lowest BCUT2D eigenvalue weighted by molar-refractivity contribution is 0.164. The maximum atomic E-state index is 9.46. The van der Waals surface area contributed by atoms with Gasteiger partial charge in [0, 0.05) is 6.04 Å². The van der Waals surface area contributed by atoms with Gasteiger partial charge in [0.1, 0.15) is 6.10 Å². The van der Waals surface area contributed by atoms with Gasteiger partial charge in [0.05, 0.1) is 18.4 Å². The van der Waals surface area contributed by atoms with Crippen LogP contribution in [0.4, 0.5) is 0 Å². The number of hydrogen-bond donors (Lipinski definition) is 5. The molecule has 0 aliphatic rings. The second kappa shape index (κ2) is 5.08. The van der Waals surface area contributed by atoms with Crippen molar-refractivity contribution in [2.24, 2.45) is 11.5 Å². The smallest absolute Gasteiger partial charge is 0.112 e. The minimum Gasteiger partial charge on any atom is -0.395 e. The third-order valence-electron chi connectivity index (χ3n) is 1.83. The van der Waals surface area contributed by atoms with Crippen LogP contribution in [0.2, 0.25) is 0 Å². The Balaban J connectivity index is 4.33. The maximum Gasteiger partial charge on any atom is 0.112 e. The summed E-state index contributed by atoms with van der Waals surface area (Å²) in [6, 6.07) is -1.57. The van der Waals surface area contributed by atoms with Crippen molar-refractivity contribution in [3.63, 3.8) is 0 Å². The van der Waals surface area contributed by atoms with E-state index in [-0.39, 0.29) is 12.3 Å². The summed E-state index contributed by atoms with van der Waals surface area (Å²) in [6.07, 6.45) is -1.17. The number of hydrogen-bond acceptors (Lipinski definition) is 5. The molecule has 0 aromatic carbocycles. The summed E-state index contributed by atoms with van der Waals surface area (Å²) in [6.45, 7) is 4.78. The Labute approximate surface area is 77.6 Å². The molecule has 0 saturated carbocycles. The van der Waals surface area contributed by atoms with E-state index in [1.807, 2.05) is 0 Å². The molecule has 0 spiro atoms. The second-order valence-corrected chi connectivity index (χ2v) is 3.06. The third kappa shape index (κ3) is 3.23. The summed E-state index contributed by atoms with van der Waals surface area (Å²) in [5.41, 5.74) is 11.3. The highest BCUT2D eigenvalue weighted by Gasteiger charge is 2.24. The molecule has 0 rings (SSSR count). The first-order chi connectivity index (χ1) is 5.91. The van der Waals surface area contributed by atoms with Crippen LogP contribution >= 0.6 is 0 Å². The van der Waals surface area contributed by atoms with Gasteiger partial charge in [0.15, 0.2) is 0 Å². The highest BCUT2D eigenvalue weighted by atomic mass is 16.3. The van der Waals surface area contributed by atoms with Gasteiger partial charge in [0.2, 0.25) is 0 Å². The van der Waals surface area contributed by atoms with E-state index in [0.29, 0.717) is 5.57 Å². The van der Waals surface area contributed by atoms with Gasteiger partial charge in [-0.15, -0.1) is 0 Å². The molecule has 0 fully saturated rings. The predicted octanol–water partition coefficient (Wildman–Crippen LogP) is -1.41. The number of nitrogens with two attached hydrogens (primary N) is 2. The van der Waals surface area contributed by atoms with Crippen LogP contribution in [0.1, 0.15) is 6.92 Å². The molecule has 0 amide bonds. The van der Waals surface area contributed by atoms with E-state index in [1.165, 1.54) is 0 Å². The van der Waals surface area contributed by atoms with Crippen LogP contribution in [-0.4, -0.2) is 40.7 Å². The molecule has 0 aromatic rings. The molecule has 0 aromatic heterocycles. The standard InChI is InChI=1S/C8H17N3O2/c1-4(2)6(10)8(13)7(11)5(9)3-12/h5,7-8,10,12-13H,1,3,9,11H2,2H3/t5?,7?,8-/m1/s1. The summed E-state index contributed by atoms with van der Waals surface area (Å²) in [7, 11) is 0. The summed E-state index contributed by atoms with van der Waals surface area (Å²) >= 11 is 0. The van der Waals surface area contributed by atoms with Gasteiger partial charge in [-0.2, -0.15) is 0 Å². The van der Waals surface area contributed by atoms with Crippen molar-refractivity contribution in [2.75, 3.05) is 6.61 Å². The van der Waals surface area contributed by atoms with Crippen molar-refractivity contribution >= 4 is 5.71 Å². The van der Waals surface area contributed by atoms with Gasteiger partial charge < -0.3 is 27.1 Å². The summed E-state index contributed by atoms with van der Waals surface area (Å²) in [5.74, 6) is 0. The summed E-state index contributed by atoms with van der Waals surface area (Å²) in [4.78, 5) is 0. The van der Waals surface area contributed by atoms with Gasteiger partial charge in [-0.3, -0.25) is 0 Å².